The normalized spacial score (nSPS) is 18.9. The second-order valence-electron chi connectivity index (χ2n) is 6.50. The van der Waals surface area contributed by atoms with E-state index in [1.54, 1.807) is 13.0 Å². The molecule has 2 aliphatic rings. The molecule has 7 nitrogen and oxygen atoms in total. The maximum atomic E-state index is 12.4. The van der Waals surface area contributed by atoms with Crippen molar-refractivity contribution in [1.82, 2.24) is 10.0 Å². The first-order valence-electron chi connectivity index (χ1n) is 7.94. The summed E-state index contributed by atoms with van der Waals surface area (Å²) in [7, 11) is -3.66. The van der Waals surface area contributed by atoms with E-state index in [9.17, 15) is 23.1 Å². The molecule has 0 heterocycles. The van der Waals surface area contributed by atoms with Crippen LogP contribution in [0.3, 0.4) is 0 Å². The van der Waals surface area contributed by atoms with Crippen molar-refractivity contribution in [2.45, 2.75) is 49.6 Å². The Morgan fingerprint density at radius 2 is 1.88 bits per heavy atom. The minimum Gasteiger partial charge on any atom is -0.480 e. The van der Waals surface area contributed by atoms with Crippen LogP contribution in [-0.2, 0) is 14.8 Å². The van der Waals surface area contributed by atoms with Crippen molar-refractivity contribution < 1.29 is 23.1 Å². The highest BCUT2D eigenvalue weighted by molar-refractivity contribution is 7.89. The first-order valence-corrected chi connectivity index (χ1v) is 9.43. The molecule has 2 fully saturated rings. The summed E-state index contributed by atoms with van der Waals surface area (Å²) in [5.41, 5.74) is 0.776. The van der Waals surface area contributed by atoms with E-state index in [1.165, 1.54) is 12.1 Å². The molecule has 1 atom stereocenters. The number of aryl methyl sites for hydroxylation is 1. The Morgan fingerprint density at radius 3 is 2.42 bits per heavy atom. The van der Waals surface area contributed by atoms with Gasteiger partial charge in [0.1, 0.15) is 6.04 Å². The van der Waals surface area contributed by atoms with Gasteiger partial charge in [-0.15, -0.1) is 0 Å². The summed E-state index contributed by atoms with van der Waals surface area (Å²) in [5.74, 6) is -1.67. The second-order valence-corrected chi connectivity index (χ2v) is 8.21. The Bertz CT molecular complexity index is 782. The number of carboxylic acid groups (broad SMARTS) is 1. The van der Waals surface area contributed by atoms with Crippen LogP contribution in [0.15, 0.2) is 23.1 Å². The molecule has 8 heteroatoms. The lowest BCUT2D eigenvalue weighted by Gasteiger charge is -2.15. The third-order valence-electron chi connectivity index (χ3n) is 4.31. The standard InChI is InChI=1S/C16H20N2O5S/c1-9-2-7-12(24(22,23)18-11-5-6-11)8-13(9)15(19)17-14(16(20)21)10-3-4-10/h2,7-8,10-11,14,18H,3-6H2,1H3,(H,17,19)(H,20,21). The van der Waals surface area contributed by atoms with E-state index in [0.717, 1.165) is 25.7 Å². The average molecular weight is 352 g/mol. The lowest BCUT2D eigenvalue weighted by molar-refractivity contribution is -0.139. The molecule has 1 aromatic rings. The summed E-state index contributed by atoms with van der Waals surface area (Å²) in [4.78, 5) is 23.7. The van der Waals surface area contributed by atoms with Gasteiger partial charge in [-0.3, -0.25) is 4.79 Å². The van der Waals surface area contributed by atoms with Crippen molar-refractivity contribution in [3.8, 4) is 0 Å². The van der Waals surface area contributed by atoms with Gasteiger partial charge in [-0.2, -0.15) is 0 Å². The highest BCUT2D eigenvalue weighted by Gasteiger charge is 2.37. The first-order chi connectivity index (χ1) is 11.3. The van der Waals surface area contributed by atoms with Crippen molar-refractivity contribution in [3.63, 3.8) is 0 Å². The first kappa shape index (κ1) is 16.9. The molecule has 2 aliphatic carbocycles. The van der Waals surface area contributed by atoms with Crippen molar-refractivity contribution in [3.05, 3.63) is 29.3 Å². The van der Waals surface area contributed by atoms with Crippen molar-refractivity contribution in [2.24, 2.45) is 5.92 Å². The SMILES string of the molecule is Cc1ccc(S(=O)(=O)NC2CC2)cc1C(=O)NC(C(=O)O)C1CC1. The van der Waals surface area contributed by atoms with Gasteiger partial charge in [0.15, 0.2) is 0 Å². The maximum absolute atomic E-state index is 12.4. The maximum Gasteiger partial charge on any atom is 0.326 e. The Balaban J connectivity index is 1.82. The topological polar surface area (TPSA) is 113 Å². The molecule has 1 amide bonds. The second kappa shape index (κ2) is 6.18. The summed E-state index contributed by atoms with van der Waals surface area (Å²) in [6, 6.07) is 3.36. The van der Waals surface area contributed by atoms with Crippen LogP contribution in [-0.4, -0.2) is 37.5 Å². The molecule has 0 radical (unpaired) electrons. The molecule has 3 rings (SSSR count). The Morgan fingerprint density at radius 1 is 1.21 bits per heavy atom. The third kappa shape index (κ3) is 3.76. The van der Waals surface area contributed by atoms with Crippen LogP contribution in [0.1, 0.15) is 41.6 Å². The van der Waals surface area contributed by atoms with Gasteiger partial charge in [-0.1, -0.05) is 6.07 Å². The van der Waals surface area contributed by atoms with Gasteiger partial charge in [0.25, 0.3) is 5.91 Å². The van der Waals surface area contributed by atoms with Crippen LogP contribution in [0.5, 0.6) is 0 Å². The van der Waals surface area contributed by atoms with E-state index >= 15 is 0 Å². The zero-order valence-electron chi connectivity index (χ0n) is 13.3. The van der Waals surface area contributed by atoms with Crippen molar-refractivity contribution >= 4 is 21.9 Å². The Labute approximate surface area is 140 Å². The summed E-state index contributed by atoms with van der Waals surface area (Å²) in [6.45, 7) is 1.69. The smallest absolute Gasteiger partial charge is 0.326 e. The number of sulfonamides is 1. The molecule has 0 saturated heterocycles. The van der Waals surface area contributed by atoms with E-state index in [1.807, 2.05) is 0 Å². The third-order valence-corrected chi connectivity index (χ3v) is 5.83. The highest BCUT2D eigenvalue weighted by Crippen LogP contribution is 2.33. The number of carboxylic acids is 1. The number of carbonyl (C=O) groups is 2. The summed E-state index contributed by atoms with van der Waals surface area (Å²) < 4.78 is 27.1. The van der Waals surface area contributed by atoms with Crippen molar-refractivity contribution in [2.75, 3.05) is 0 Å². The molecule has 0 aromatic heterocycles. The van der Waals surface area contributed by atoms with E-state index in [2.05, 4.69) is 10.0 Å². The quantitative estimate of drug-likeness (QED) is 0.678. The number of benzene rings is 1. The van der Waals surface area contributed by atoms with E-state index in [0.29, 0.717) is 5.56 Å². The summed E-state index contributed by atoms with van der Waals surface area (Å²) >= 11 is 0. The number of nitrogens with one attached hydrogen (secondary N) is 2. The van der Waals surface area contributed by atoms with Gasteiger partial charge >= 0.3 is 5.97 Å². The molecule has 1 aromatic carbocycles. The van der Waals surface area contributed by atoms with Crippen LogP contribution in [0, 0.1) is 12.8 Å². The molecule has 3 N–H and O–H groups in total. The molecule has 0 bridgehead atoms. The molecule has 24 heavy (non-hydrogen) atoms. The minimum absolute atomic E-state index is 0.0171. The molecule has 130 valence electrons. The van der Waals surface area contributed by atoms with Crippen LogP contribution >= 0.6 is 0 Å². The summed E-state index contributed by atoms with van der Waals surface area (Å²) in [5, 5.41) is 11.7. The number of aliphatic carboxylic acids is 1. The van der Waals surface area contributed by atoms with Crippen LogP contribution < -0.4 is 10.0 Å². The van der Waals surface area contributed by atoms with Gasteiger partial charge < -0.3 is 10.4 Å². The zero-order chi connectivity index (χ0) is 17.5. The molecule has 2 saturated carbocycles. The van der Waals surface area contributed by atoms with Gasteiger partial charge in [0.2, 0.25) is 10.0 Å². The average Bonchev–Trinajstić information content (AvgIpc) is 3.38. The lowest BCUT2D eigenvalue weighted by atomic mass is 10.1. The number of rotatable bonds is 7. The van der Waals surface area contributed by atoms with Gasteiger partial charge in [0.05, 0.1) is 4.90 Å². The Kier molecular flexibility index (Phi) is 4.35. The predicted molar refractivity (Wildman–Crippen MR) is 86.1 cm³/mol. The zero-order valence-corrected chi connectivity index (χ0v) is 14.1. The van der Waals surface area contributed by atoms with E-state index in [4.69, 9.17) is 0 Å². The fourth-order valence-corrected chi connectivity index (χ4v) is 3.86. The van der Waals surface area contributed by atoms with E-state index in [-0.39, 0.29) is 22.4 Å². The van der Waals surface area contributed by atoms with Crippen LogP contribution in [0.25, 0.3) is 0 Å². The lowest BCUT2D eigenvalue weighted by Crippen LogP contribution is -2.42. The summed E-state index contributed by atoms with van der Waals surface area (Å²) in [6.07, 6.45) is 3.19. The largest absolute Gasteiger partial charge is 0.480 e. The fraction of sp³-hybridized carbons (Fsp3) is 0.500. The fourth-order valence-electron chi connectivity index (χ4n) is 2.53. The van der Waals surface area contributed by atoms with Crippen molar-refractivity contribution in [1.29, 1.82) is 0 Å². The van der Waals surface area contributed by atoms with Gasteiger partial charge in [-0.25, -0.2) is 17.9 Å². The minimum atomic E-state index is -3.66. The Hall–Kier alpha value is -1.93. The number of carbonyl (C=O) groups excluding carboxylic acids is 1. The van der Waals surface area contributed by atoms with Crippen LogP contribution in [0.2, 0.25) is 0 Å². The highest BCUT2D eigenvalue weighted by atomic mass is 32.2. The predicted octanol–water partition coefficient (Wildman–Crippen LogP) is 1.03. The number of amides is 1. The molecular formula is C16H20N2O5S. The number of hydrogen-bond acceptors (Lipinski definition) is 4. The van der Waals surface area contributed by atoms with Crippen LogP contribution in [0.4, 0.5) is 0 Å². The van der Waals surface area contributed by atoms with Gasteiger partial charge in [-0.05, 0) is 56.2 Å². The molecule has 0 aliphatic heterocycles. The van der Waals surface area contributed by atoms with E-state index < -0.39 is 27.9 Å². The molecule has 1 unspecified atom stereocenters. The molecule has 0 spiro atoms. The molecular weight excluding hydrogens is 332 g/mol. The van der Waals surface area contributed by atoms with Gasteiger partial charge in [0, 0.05) is 11.6 Å². The number of hydrogen-bond donors (Lipinski definition) is 3. The monoisotopic (exact) mass is 352 g/mol.